The molecule has 0 saturated heterocycles. The van der Waals surface area contributed by atoms with Crippen molar-refractivity contribution in [2.45, 2.75) is 65.1 Å². The molecule has 1 atom stereocenters. The van der Waals surface area contributed by atoms with Crippen LogP contribution in [0.5, 0.6) is 0 Å². The molecule has 0 radical (unpaired) electrons. The quantitative estimate of drug-likeness (QED) is 0.606. The first kappa shape index (κ1) is 22.7. The molecule has 0 fully saturated rings. The van der Waals surface area contributed by atoms with Gasteiger partial charge in [0.15, 0.2) is 0 Å². The molecule has 9 heteroatoms. The zero-order valence-electron chi connectivity index (χ0n) is 17.5. The van der Waals surface area contributed by atoms with Crippen molar-refractivity contribution in [3.05, 3.63) is 50.1 Å². The van der Waals surface area contributed by atoms with E-state index in [0.717, 1.165) is 43.6 Å². The van der Waals surface area contributed by atoms with Gasteiger partial charge in [0.05, 0.1) is 16.1 Å². The van der Waals surface area contributed by atoms with Crippen LogP contribution in [0.4, 0.5) is 4.79 Å². The Morgan fingerprint density at radius 2 is 2.10 bits per heavy atom. The van der Waals surface area contributed by atoms with Crippen molar-refractivity contribution in [2.75, 3.05) is 13.1 Å². The van der Waals surface area contributed by atoms with Crippen molar-refractivity contribution >= 4 is 29.2 Å². The molecule has 0 aliphatic carbocycles. The highest BCUT2D eigenvalue weighted by Gasteiger charge is 2.21. The van der Waals surface area contributed by atoms with E-state index < -0.39 is 0 Å². The summed E-state index contributed by atoms with van der Waals surface area (Å²) in [5, 5.41) is 8.38. The van der Waals surface area contributed by atoms with Crippen LogP contribution in [-0.4, -0.2) is 38.4 Å². The predicted octanol–water partition coefficient (Wildman–Crippen LogP) is 4.26. The number of halogens is 2. The van der Waals surface area contributed by atoms with Gasteiger partial charge in [0.2, 0.25) is 0 Å². The van der Waals surface area contributed by atoms with Crippen LogP contribution >= 0.6 is 23.2 Å². The van der Waals surface area contributed by atoms with E-state index in [0.29, 0.717) is 36.1 Å². The zero-order valence-corrected chi connectivity index (χ0v) is 19.0. The monoisotopic (exact) mass is 453 g/mol. The lowest BCUT2D eigenvalue weighted by atomic mass is 10.1. The number of rotatable bonds is 8. The highest BCUT2D eigenvalue weighted by Crippen LogP contribution is 2.28. The summed E-state index contributed by atoms with van der Waals surface area (Å²) in [4.78, 5) is 27.0. The third-order valence-corrected chi connectivity index (χ3v) is 6.21. The molecular weight excluding hydrogens is 425 g/mol. The second kappa shape index (κ2) is 10.4. The molecule has 1 aliphatic rings. The van der Waals surface area contributed by atoms with E-state index in [1.54, 1.807) is 21.6 Å². The number of hydrogen-bond donors (Lipinski definition) is 1. The van der Waals surface area contributed by atoms with Crippen LogP contribution < -0.4 is 11.0 Å². The third kappa shape index (κ3) is 5.19. The summed E-state index contributed by atoms with van der Waals surface area (Å²) in [6.45, 7) is 6.36. The second-order valence-corrected chi connectivity index (χ2v) is 8.47. The van der Waals surface area contributed by atoms with E-state index in [2.05, 4.69) is 10.4 Å². The molecule has 1 aromatic heterocycles. The molecule has 1 unspecified atom stereocenters. The van der Waals surface area contributed by atoms with Gasteiger partial charge in [0.1, 0.15) is 5.82 Å². The van der Waals surface area contributed by atoms with Gasteiger partial charge in [-0.3, -0.25) is 4.57 Å². The Bertz CT molecular complexity index is 940. The molecule has 1 N–H and O–H groups in total. The Hall–Kier alpha value is -1.99. The highest BCUT2D eigenvalue weighted by atomic mass is 35.5. The molecule has 7 nitrogen and oxygen atoms in total. The largest absolute Gasteiger partial charge is 0.345 e. The van der Waals surface area contributed by atoms with Crippen molar-refractivity contribution in [1.29, 1.82) is 0 Å². The Labute approximate surface area is 187 Å². The fourth-order valence-corrected chi connectivity index (χ4v) is 4.09. The van der Waals surface area contributed by atoms with Crippen LogP contribution in [0.15, 0.2) is 23.0 Å². The average Bonchev–Trinajstić information content (AvgIpc) is 3.06. The average molecular weight is 454 g/mol. The SMILES string of the molecule is CCCN(C(=O)NCCCn1nc2n(c1=O)CCCC2)C(C)c1ccc(Cl)c(Cl)c1. The van der Waals surface area contributed by atoms with Gasteiger partial charge in [-0.15, -0.1) is 0 Å². The van der Waals surface area contributed by atoms with Gasteiger partial charge in [0.25, 0.3) is 0 Å². The molecule has 3 rings (SSSR count). The van der Waals surface area contributed by atoms with Crippen LogP contribution in [0.1, 0.15) is 57.0 Å². The maximum atomic E-state index is 12.8. The number of nitrogens with one attached hydrogen (secondary N) is 1. The number of carbonyl (C=O) groups excluding carboxylic acids is 1. The molecule has 1 aliphatic heterocycles. The molecule has 1 aromatic carbocycles. The zero-order chi connectivity index (χ0) is 21.7. The Balaban J connectivity index is 1.55. The van der Waals surface area contributed by atoms with Crippen molar-refractivity contribution in [2.24, 2.45) is 0 Å². The summed E-state index contributed by atoms with van der Waals surface area (Å²) in [6, 6.07) is 5.17. The minimum Gasteiger partial charge on any atom is -0.338 e. The normalized spacial score (nSPS) is 14.3. The molecule has 164 valence electrons. The lowest BCUT2D eigenvalue weighted by Crippen LogP contribution is -2.42. The van der Waals surface area contributed by atoms with Crippen LogP contribution in [-0.2, 0) is 19.5 Å². The number of carbonyl (C=O) groups is 1. The maximum Gasteiger partial charge on any atom is 0.345 e. The molecule has 2 amide bonds. The van der Waals surface area contributed by atoms with E-state index >= 15 is 0 Å². The number of fused-ring (bicyclic) bond motifs is 1. The van der Waals surface area contributed by atoms with Gasteiger partial charge in [-0.05, 0) is 50.3 Å². The van der Waals surface area contributed by atoms with Crippen molar-refractivity contribution in [3.63, 3.8) is 0 Å². The summed E-state index contributed by atoms with van der Waals surface area (Å²) < 4.78 is 3.29. The van der Waals surface area contributed by atoms with Gasteiger partial charge in [-0.25, -0.2) is 14.3 Å². The molecule has 2 heterocycles. The van der Waals surface area contributed by atoms with E-state index in [4.69, 9.17) is 23.2 Å². The number of aromatic nitrogens is 3. The van der Waals surface area contributed by atoms with E-state index in [9.17, 15) is 9.59 Å². The number of aryl methyl sites for hydroxylation is 2. The lowest BCUT2D eigenvalue weighted by Gasteiger charge is -2.29. The Morgan fingerprint density at radius 1 is 1.30 bits per heavy atom. The summed E-state index contributed by atoms with van der Waals surface area (Å²) in [7, 11) is 0. The number of benzene rings is 1. The minimum atomic E-state index is -0.137. The summed E-state index contributed by atoms with van der Waals surface area (Å²) >= 11 is 12.2. The summed E-state index contributed by atoms with van der Waals surface area (Å²) in [5.41, 5.74) is 0.889. The molecule has 30 heavy (non-hydrogen) atoms. The first-order valence-corrected chi connectivity index (χ1v) is 11.3. The maximum absolute atomic E-state index is 12.8. The van der Waals surface area contributed by atoms with Crippen LogP contribution in [0.3, 0.4) is 0 Å². The fraction of sp³-hybridized carbons (Fsp3) is 0.571. The standard InChI is InChI=1S/C21H29Cl2N5O2/c1-3-11-26(15(2)16-8-9-17(22)18(23)14-16)20(29)24-10-6-13-28-21(30)27-12-5-4-7-19(27)25-28/h8-9,14-15H,3-7,10-13H2,1-2H3,(H,24,29). The van der Waals surface area contributed by atoms with Gasteiger partial charge in [-0.2, -0.15) is 5.10 Å². The Kier molecular flexibility index (Phi) is 7.83. The summed E-state index contributed by atoms with van der Waals surface area (Å²) in [5.74, 6) is 0.875. The molecule has 0 spiro atoms. The van der Waals surface area contributed by atoms with Crippen molar-refractivity contribution in [3.8, 4) is 0 Å². The van der Waals surface area contributed by atoms with Crippen LogP contribution in [0.25, 0.3) is 0 Å². The van der Waals surface area contributed by atoms with Gasteiger partial charge in [0, 0.05) is 32.6 Å². The third-order valence-electron chi connectivity index (χ3n) is 5.47. The van der Waals surface area contributed by atoms with Crippen LogP contribution in [0, 0.1) is 0 Å². The van der Waals surface area contributed by atoms with E-state index in [1.165, 1.54) is 4.68 Å². The van der Waals surface area contributed by atoms with Gasteiger partial charge < -0.3 is 10.2 Å². The Morgan fingerprint density at radius 3 is 2.80 bits per heavy atom. The minimum absolute atomic E-state index is 0.0446. The number of nitrogens with zero attached hydrogens (tertiary/aromatic N) is 4. The topological polar surface area (TPSA) is 72.2 Å². The first-order chi connectivity index (χ1) is 14.4. The van der Waals surface area contributed by atoms with Crippen molar-refractivity contribution < 1.29 is 4.79 Å². The van der Waals surface area contributed by atoms with Gasteiger partial charge in [-0.1, -0.05) is 36.2 Å². The number of urea groups is 1. The van der Waals surface area contributed by atoms with Crippen LogP contribution in [0.2, 0.25) is 10.0 Å². The second-order valence-electron chi connectivity index (χ2n) is 7.66. The van der Waals surface area contributed by atoms with Gasteiger partial charge >= 0.3 is 11.7 Å². The molecular formula is C21H29Cl2N5O2. The highest BCUT2D eigenvalue weighted by molar-refractivity contribution is 6.42. The number of amides is 2. The summed E-state index contributed by atoms with van der Waals surface area (Å²) in [6.07, 6.45) is 4.45. The molecule has 0 bridgehead atoms. The van der Waals surface area contributed by atoms with E-state index in [1.807, 2.05) is 19.9 Å². The van der Waals surface area contributed by atoms with E-state index in [-0.39, 0.29) is 17.8 Å². The smallest absolute Gasteiger partial charge is 0.338 e. The number of hydrogen-bond acceptors (Lipinski definition) is 3. The van der Waals surface area contributed by atoms with Crippen molar-refractivity contribution in [1.82, 2.24) is 24.6 Å². The lowest BCUT2D eigenvalue weighted by molar-refractivity contribution is 0.179. The molecule has 2 aromatic rings. The first-order valence-electron chi connectivity index (χ1n) is 10.6. The predicted molar refractivity (Wildman–Crippen MR) is 119 cm³/mol. The fourth-order valence-electron chi connectivity index (χ4n) is 3.78. The molecule has 0 saturated carbocycles.